The Morgan fingerprint density at radius 1 is 1.41 bits per heavy atom. The van der Waals surface area contributed by atoms with Crippen LogP contribution in [0.2, 0.25) is 0 Å². The van der Waals surface area contributed by atoms with E-state index in [0.717, 1.165) is 16.5 Å². The van der Waals surface area contributed by atoms with Crippen molar-refractivity contribution in [3.63, 3.8) is 0 Å². The van der Waals surface area contributed by atoms with Crippen molar-refractivity contribution in [2.45, 2.75) is 20.0 Å². The Bertz CT molecular complexity index is 530. The van der Waals surface area contributed by atoms with Crippen LogP contribution in [0.4, 0.5) is 0 Å². The van der Waals surface area contributed by atoms with Crippen LogP contribution in [0.3, 0.4) is 0 Å². The highest BCUT2D eigenvalue weighted by Gasteiger charge is 2.07. The van der Waals surface area contributed by atoms with Crippen LogP contribution in [0.25, 0.3) is 10.9 Å². The van der Waals surface area contributed by atoms with E-state index in [1.165, 1.54) is 0 Å². The monoisotopic (exact) mass is 231 g/mol. The highest BCUT2D eigenvalue weighted by atomic mass is 16.1. The Hall–Kier alpha value is -1.81. The van der Waals surface area contributed by atoms with Crippen LogP contribution in [0.5, 0.6) is 0 Å². The average Bonchev–Trinajstić information content (AvgIpc) is 2.73. The van der Waals surface area contributed by atoms with Crippen molar-refractivity contribution in [2.75, 3.05) is 6.54 Å². The lowest BCUT2D eigenvalue weighted by Gasteiger charge is -2.06. The van der Waals surface area contributed by atoms with Crippen molar-refractivity contribution in [1.29, 1.82) is 0 Å². The van der Waals surface area contributed by atoms with Gasteiger partial charge in [0.2, 0.25) is 5.91 Å². The van der Waals surface area contributed by atoms with Gasteiger partial charge in [0.25, 0.3) is 0 Å². The van der Waals surface area contributed by atoms with Gasteiger partial charge in [0.05, 0.1) is 0 Å². The summed E-state index contributed by atoms with van der Waals surface area (Å²) in [7, 11) is 0. The second-order valence-corrected chi connectivity index (χ2v) is 3.95. The number of hydrogen-bond donors (Lipinski definition) is 2. The smallest absolute Gasteiger partial charge is 0.239 e. The Kier molecular flexibility index (Phi) is 3.44. The molecule has 2 aromatic rings. The number of amides is 1. The van der Waals surface area contributed by atoms with Crippen LogP contribution in [0.1, 0.15) is 12.5 Å². The van der Waals surface area contributed by atoms with Gasteiger partial charge in [-0.15, -0.1) is 0 Å². The van der Waals surface area contributed by atoms with Crippen molar-refractivity contribution < 1.29 is 4.79 Å². The van der Waals surface area contributed by atoms with E-state index in [0.29, 0.717) is 19.6 Å². The third kappa shape index (κ3) is 2.31. The minimum Gasteiger partial charge on any atom is -0.355 e. The normalized spacial score (nSPS) is 10.7. The van der Waals surface area contributed by atoms with Crippen LogP contribution >= 0.6 is 0 Å². The van der Waals surface area contributed by atoms with Crippen LogP contribution in [-0.4, -0.2) is 17.0 Å². The third-order valence-electron chi connectivity index (χ3n) is 2.81. The molecule has 2 rings (SSSR count). The first-order valence-corrected chi connectivity index (χ1v) is 5.79. The zero-order valence-corrected chi connectivity index (χ0v) is 9.94. The molecule has 1 heterocycles. The number of nitrogens with two attached hydrogens (primary N) is 1. The number of likely N-dealkylation sites (N-methyl/N-ethyl adjacent to an activating group) is 1. The average molecular weight is 231 g/mol. The number of hydrogen-bond acceptors (Lipinski definition) is 2. The SMILES string of the molecule is CCNC(=O)Cn1ccc2c(CN)cccc21. The van der Waals surface area contributed by atoms with Crippen molar-refractivity contribution in [3.05, 3.63) is 36.0 Å². The van der Waals surface area contributed by atoms with Crippen LogP contribution in [-0.2, 0) is 17.9 Å². The predicted octanol–water partition coefficient (Wildman–Crippen LogP) is 1.24. The van der Waals surface area contributed by atoms with E-state index in [1.54, 1.807) is 0 Å². The molecule has 3 N–H and O–H groups in total. The summed E-state index contributed by atoms with van der Waals surface area (Å²) >= 11 is 0. The maximum atomic E-state index is 11.6. The Balaban J connectivity index is 2.33. The highest BCUT2D eigenvalue weighted by molar-refractivity contribution is 5.85. The molecule has 0 saturated carbocycles. The minimum atomic E-state index is 0.0307. The maximum Gasteiger partial charge on any atom is 0.239 e. The van der Waals surface area contributed by atoms with Gasteiger partial charge in [-0.2, -0.15) is 0 Å². The predicted molar refractivity (Wildman–Crippen MR) is 68.5 cm³/mol. The molecule has 1 aromatic carbocycles. The molecule has 90 valence electrons. The molecule has 1 amide bonds. The van der Waals surface area contributed by atoms with Gasteiger partial charge >= 0.3 is 0 Å². The van der Waals surface area contributed by atoms with Crippen molar-refractivity contribution in [2.24, 2.45) is 5.73 Å². The number of nitrogens with one attached hydrogen (secondary N) is 1. The standard InChI is InChI=1S/C13H17N3O/c1-2-15-13(17)9-16-7-6-11-10(8-14)4-3-5-12(11)16/h3-7H,2,8-9,14H2,1H3,(H,15,17). The van der Waals surface area contributed by atoms with Gasteiger partial charge in [-0.3, -0.25) is 4.79 Å². The molecule has 0 atom stereocenters. The lowest BCUT2D eigenvalue weighted by atomic mass is 10.1. The fourth-order valence-electron chi connectivity index (χ4n) is 2.01. The Morgan fingerprint density at radius 2 is 2.24 bits per heavy atom. The Labute approximate surface area is 100 Å². The molecule has 0 aliphatic carbocycles. The number of rotatable bonds is 4. The van der Waals surface area contributed by atoms with Crippen LogP contribution in [0, 0.1) is 0 Å². The molecule has 0 aliphatic heterocycles. The molecule has 0 saturated heterocycles. The van der Waals surface area contributed by atoms with Crippen molar-refractivity contribution >= 4 is 16.8 Å². The first kappa shape index (κ1) is 11.7. The fraction of sp³-hybridized carbons (Fsp3) is 0.308. The molecule has 0 aliphatic rings. The molecule has 0 bridgehead atoms. The number of carbonyl (C=O) groups excluding carboxylic acids is 1. The van der Waals surface area contributed by atoms with Gasteiger partial charge < -0.3 is 15.6 Å². The molecule has 0 spiro atoms. The quantitative estimate of drug-likeness (QED) is 0.831. The van der Waals surface area contributed by atoms with E-state index in [2.05, 4.69) is 5.32 Å². The molecular weight excluding hydrogens is 214 g/mol. The number of nitrogens with zero attached hydrogens (tertiary/aromatic N) is 1. The number of benzene rings is 1. The van der Waals surface area contributed by atoms with Gasteiger partial charge in [0.1, 0.15) is 6.54 Å². The first-order chi connectivity index (χ1) is 8.26. The molecule has 0 radical (unpaired) electrons. The molecule has 0 unspecified atom stereocenters. The topological polar surface area (TPSA) is 60.0 Å². The van der Waals surface area contributed by atoms with Crippen molar-refractivity contribution in [1.82, 2.24) is 9.88 Å². The molecular formula is C13H17N3O. The summed E-state index contributed by atoms with van der Waals surface area (Å²) < 4.78 is 1.94. The lowest BCUT2D eigenvalue weighted by molar-refractivity contribution is -0.121. The molecule has 1 aromatic heterocycles. The summed E-state index contributed by atoms with van der Waals surface area (Å²) in [6.07, 6.45) is 1.93. The number of fused-ring (bicyclic) bond motifs is 1. The summed E-state index contributed by atoms with van der Waals surface area (Å²) in [6, 6.07) is 8.00. The fourth-order valence-corrected chi connectivity index (χ4v) is 2.01. The molecule has 4 heteroatoms. The Morgan fingerprint density at radius 3 is 2.94 bits per heavy atom. The summed E-state index contributed by atoms with van der Waals surface area (Å²) in [6.45, 7) is 3.44. The number of aromatic nitrogens is 1. The summed E-state index contributed by atoms with van der Waals surface area (Å²) in [5.74, 6) is 0.0307. The van der Waals surface area contributed by atoms with E-state index in [9.17, 15) is 4.79 Å². The van der Waals surface area contributed by atoms with Gasteiger partial charge in [-0.05, 0) is 24.6 Å². The lowest BCUT2D eigenvalue weighted by Crippen LogP contribution is -2.26. The zero-order valence-electron chi connectivity index (χ0n) is 9.94. The second-order valence-electron chi connectivity index (χ2n) is 3.95. The van der Waals surface area contributed by atoms with Crippen molar-refractivity contribution in [3.8, 4) is 0 Å². The summed E-state index contributed by atoms with van der Waals surface area (Å²) in [4.78, 5) is 11.6. The van der Waals surface area contributed by atoms with E-state index in [-0.39, 0.29) is 5.91 Å². The van der Waals surface area contributed by atoms with Crippen LogP contribution in [0.15, 0.2) is 30.5 Å². The van der Waals surface area contributed by atoms with Gasteiger partial charge in [-0.1, -0.05) is 12.1 Å². The van der Waals surface area contributed by atoms with E-state index < -0.39 is 0 Å². The second kappa shape index (κ2) is 5.01. The maximum absolute atomic E-state index is 11.6. The third-order valence-corrected chi connectivity index (χ3v) is 2.81. The van der Waals surface area contributed by atoms with E-state index in [4.69, 9.17) is 5.73 Å². The van der Waals surface area contributed by atoms with E-state index >= 15 is 0 Å². The summed E-state index contributed by atoms with van der Waals surface area (Å²) in [5, 5.41) is 3.92. The highest BCUT2D eigenvalue weighted by Crippen LogP contribution is 2.19. The van der Waals surface area contributed by atoms with Gasteiger partial charge in [0, 0.05) is 30.2 Å². The van der Waals surface area contributed by atoms with E-state index in [1.807, 2.05) is 42.0 Å². The van der Waals surface area contributed by atoms with Gasteiger partial charge in [0.15, 0.2) is 0 Å². The molecule has 4 nitrogen and oxygen atoms in total. The summed E-state index contributed by atoms with van der Waals surface area (Å²) in [5.41, 5.74) is 7.85. The molecule has 0 fully saturated rings. The van der Waals surface area contributed by atoms with Gasteiger partial charge in [-0.25, -0.2) is 0 Å². The molecule has 17 heavy (non-hydrogen) atoms. The number of carbonyl (C=O) groups is 1. The zero-order chi connectivity index (χ0) is 12.3. The largest absolute Gasteiger partial charge is 0.355 e. The van der Waals surface area contributed by atoms with Crippen LogP contribution < -0.4 is 11.1 Å². The first-order valence-electron chi connectivity index (χ1n) is 5.79. The minimum absolute atomic E-state index is 0.0307.